The summed E-state index contributed by atoms with van der Waals surface area (Å²) in [5.74, 6) is 0.670. The molecular weight excluding hydrogens is 222 g/mol. The molecule has 0 saturated heterocycles. The van der Waals surface area contributed by atoms with E-state index in [0.29, 0.717) is 12.0 Å². The number of hydrogen-bond donors (Lipinski definition) is 1. The van der Waals surface area contributed by atoms with Crippen LogP contribution in [0.2, 0.25) is 0 Å². The van der Waals surface area contributed by atoms with Gasteiger partial charge in [-0.2, -0.15) is 0 Å². The molecule has 0 aliphatic heterocycles. The van der Waals surface area contributed by atoms with E-state index in [1.54, 1.807) is 0 Å². The van der Waals surface area contributed by atoms with Gasteiger partial charge >= 0.3 is 0 Å². The van der Waals surface area contributed by atoms with Gasteiger partial charge < -0.3 is 10.1 Å². The largest absolute Gasteiger partial charge is 0.378 e. The van der Waals surface area contributed by atoms with Crippen LogP contribution < -0.4 is 5.32 Å². The van der Waals surface area contributed by atoms with Gasteiger partial charge in [-0.1, -0.05) is 33.1 Å². The van der Waals surface area contributed by atoms with Crippen LogP contribution in [-0.2, 0) is 4.74 Å². The summed E-state index contributed by atoms with van der Waals surface area (Å²) >= 11 is 0. The van der Waals surface area contributed by atoms with E-state index in [0.717, 1.165) is 18.7 Å². The first-order chi connectivity index (χ1) is 8.74. The lowest BCUT2D eigenvalue weighted by atomic mass is 9.89. The second-order valence-electron chi connectivity index (χ2n) is 6.70. The topological polar surface area (TPSA) is 21.3 Å². The average Bonchev–Trinajstić information content (AvgIpc) is 2.39. The number of nitrogens with one attached hydrogen (secondary N) is 1. The van der Waals surface area contributed by atoms with Gasteiger partial charge in [0.2, 0.25) is 0 Å². The minimum Gasteiger partial charge on any atom is -0.378 e. The quantitative estimate of drug-likeness (QED) is 0.802. The highest BCUT2D eigenvalue weighted by Crippen LogP contribution is 2.24. The van der Waals surface area contributed by atoms with E-state index in [4.69, 9.17) is 4.74 Å². The van der Waals surface area contributed by atoms with Gasteiger partial charge in [0.05, 0.1) is 6.10 Å². The van der Waals surface area contributed by atoms with E-state index in [-0.39, 0.29) is 0 Å². The fourth-order valence-corrected chi connectivity index (χ4v) is 3.33. The molecule has 106 valence electrons. The summed E-state index contributed by atoms with van der Waals surface area (Å²) in [5.41, 5.74) is 0. The smallest absolute Gasteiger partial charge is 0.0576 e. The number of hydrogen-bond acceptors (Lipinski definition) is 2. The van der Waals surface area contributed by atoms with Crippen molar-refractivity contribution in [3.05, 3.63) is 0 Å². The average molecular weight is 253 g/mol. The van der Waals surface area contributed by atoms with Gasteiger partial charge in [0.15, 0.2) is 0 Å². The van der Waals surface area contributed by atoms with E-state index in [2.05, 4.69) is 19.2 Å². The predicted molar refractivity (Wildman–Crippen MR) is 76.8 cm³/mol. The van der Waals surface area contributed by atoms with Crippen molar-refractivity contribution < 1.29 is 4.74 Å². The van der Waals surface area contributed by atoms with Crippen molar-refractivity contribution >= 4 is 0 Å². The van der Waals surface area contributed by atoms with Gasteiger partial charge in [-0.05, 0) is 44.4 Å². The molecule has 0 atom stereocenters. The summed E-state index contributed by atoms with van der Waals surface area (Å²) < 4.78 is 5.95. The summed E-state index contributed by atoms with van der Waals surface area (Å²) in [4.78, 5) is 0. The molecule has 0 amide bonds. The Morgan fingerprint density at radius 2 is 1.50 bits per heavy atom. The summed E-state index contributed by atoms with van der Waals surface area (Å²) in [6, 6.07) is 1.59. The molecule has 0 heterocycles. The minimum atomic E-state index is 0.539. The van der Waals surface area contributed by atoms with Gasteiger partial charge in [0.25, 0.3) is 0 Å². The summed E-state index contributed by atoms with van der Waals surface area (Å²) in [6.07, 6.45) is 12.8. The lowest BCUT2D eigenvalue weighted by Gasteiger charge is -2.33. The molecule has 0 spiro atoms. The van der Waals surface area contributed by atoms with Crippen molar-refractivity contribution in [2.24, 2.45) is 5.92 Å². The van der Waals surface area contributed by atoms with Gasteiger partial charge in [-0.15, -0.1) is 0 Å². The summed E-state index contributed by atoms with van der Waals surface area (Å²) in [5, 5.41) is 3.89. The van der Waals surface area contributed by atoms with Crippen molar-refractivity contribution in [2.75, 3.05) is 6.61 Å². The Kier molecular flexibility index (Phi) is 5.97. The monoisotopic (exact) mass is 253 g/mol. The third kappa shape index (κ3) is 4.89. The molecule has 0 unspecified atom stereocenters. The van der Waals surface area contributed by atoms with Crippen LogP contribution in [0, 0.1) is 5.92 Å². The van der Waals surface area contributed by atoms with Crippen LogP contribution in [0.1, 0.15) is 71.6 Å². The molecule has 0 bridgehead atoms. The first-order valence-electron chi connectivity index (χ1n) is 8.11. The van der Waals surface area contributed by atoms with Gasteiger partial charge in [-0.25, -0.2) is 0 Å². The molecule has 0 aromatic heterocycles. The maximum atomic E-state index is 5.95. The van der Waals surface area contributed by atoms with Crippen LogP contribution in [0.4, 0.5) is 0 Å². The lowest BCUT2D eigenvalue weighted by Crippen LogP contribution is -2.42. The van der Waals surface area contributed by atoms with Crippen molar-refractivity contribution in [1.82, 2.24) is 5.32 Å². The molecule has 0 aromatic rings. The Morgan fingerprint density at radius 1 is 0.889 bits per heavy atom. The molecule has 2 saturated carbocycles. The minimum absolute atomic E-state index is 0.539. The first-order valence-corrected chi connectivity index (χ1v) is 8.11. The SMILES string of the molecule is CC(C)COC1CCC(NC2CCCCC2)CC1. The second kappa shape index (κ2) is 7.49. The first kappa shape index (κ1) is 14.3. The van der Waals surface area contributed by atoms with Gasteiger partial charge in [0.1, 0.15) is 0 Å². The van der Waals surface area contributed by atoms with Crippen LogP contribution in [0.5, 0.6) is 0 Å². The van der Waals surface area contributed by atoms with Crippen molar-refractivity contribution in [3.63, 3.8) is 0 Å². The third-order valence-corrected chi connectivity index (χ3v) is 4.42. The maximum absolute atomic E-state index is 5.95. The number of rotatable bonds is 5. The molecule has 2 aliphatic rings. The van der Waals surface area contributed by atoms with E-state index in [1.807, 2.05) is 0 Å². The zero-order valence-corrected chi connectivity index (χ0v) is 12.3. The molecule has 0 radical (unpaired) electrons. The van der Waals surface area contributed by atoms with E-state index in [9.17, 15) is 0 Å². The fourth-order valence-electron chi connectivity index (χ4n) is 3.33. The predicted octanol–water partition coefficient (Wildman–Crippen LogP) is 3.89. The summed E-state index contributed by atoms with van der Waals surface area (Å²) in [6.45, 7) is 5.40. The normalized spacial score (nSPS) is 30.8. The van der Waals surface area contributed by atoms with Crippen LogP contribution in [-0.4, -0.2) is 24.8 Å². The Labute approximate surface area is 113 Å². The van der Waals surface area contributed by atoms with Crippen molar-refractivity contribution in [3.8, 4) is 0 Å². The van der Waals surface area contributed by atoms with Gasteiger partial charge in [-0.3, -0.25) is 0 Å². The standard InChI is InChI=1S/C16H31NO/c1-13(2)12-18-16-10-8-15(9-11-16)17-14-6-4-3-5-7-14/h13-17H,3-12H2,1-2H3. The molecule has 2 nitrogen and oxygen atoms in total. The Morgan fingerprint density at radius 3 is 2.11 bits per heavy atom. The Bertz CT molecular complexity index is 215. The van der Waals surface area contributed by atoms with Gasteiger partial charge in [0, 0.05) is 18.7 Å². The molecule has 2 fully saturated rings. The van der Waals surface area contributed by atoms with Crippen LogP contribution in [0.3, 0.4) is 0 Å². The van der Waals surface area contributed by atoms with E-state index >= 15 is 0 Å². The second-order valence-corrected chi connectivity index (χ2v) is 6.70. The van der Waals surface area contributed by atoms with Crippen molar-refractivity contribution in [1.29, 1.82) is 0 Å². The molecule has 2 heteroatoms. The highest BCUT2D eigenvalue weighted by molar-refractivity contribution is 4.82. The number of ether oxygens (including phenoxy) is 1. The highest BCUT2D eigenvalue weighted by Gasteiger charge is 2.24. The molecule has 18 heavy (non-hydrogen) atoms. The zero-order valence-electron chi connectivity index (χ0n) is 12.3. The van der Waals surface area contributed by atoms with Crippen LogP contribution in [0.15, 0.2) is 0 Å². The van der Waals surface area contributed by atoms with E-state index in [1.165, 1.54) is 57.8 Å². The van der Waals surface area contributed by atoms with E-state index < -0.39 is 0 Å². The Balaban J connectivity index is 1.60. The lowest BCUT2D eigenvalue weighted by molar-refractivity contribution is 0.00745. The van der Waals surface area contributed by atoms with Crippen LogP contribution >= 0.6 is 0 Å². The zero-order chi connectivity index (χ0) is 12.8. The Hall–Kier alpha value is -0.0800. The highest BCUT2D eigenvalue weighted by atomic mass is 16.5. The van der Waals surface area contributed by atoms with Crippen molar-refractivity contribution in [2.45, 2.75) is 89.8 Å². The maximum Gasteiger partial charge on any atom is 0.0576 e. The molecular formula is C16H31NO. The van der Waals surface area contributed by atoms with Crippen LogP contribution in [0.25, 0.3) is 0 Å². The molecule has 2 aliphatic carbocycles. The fraction of sp³-hybridized carbons (Fsp3) is 1.00. The third-order valence-electron chi connectivity index (χ3n) is 4.42. The molecule has 2 rings (SSSR count). The summed E-state index contributed by atoms with van der Waals surface area (Å²) in [7, 11) is 0. The molecule has 1 N–H and O–H groups in total. The molecule has 0 aromatic carbocycles.